The van der Waals surface area contributed by atoms with E-state index in [9.17, 15) is 18.0 Å². The minimum atomic E-state index is -4.20. The molecule has 8 heteroatoms. The third kappa shape index (κ3) is 3.64. The Hall–Kier alpha value is -2.22. The first kappa shape index (κ1) is 15.8. The molecule has 0 saturated heterocycles. The van der Waals surface area contributed by atoms with Crippen LogP contribution < -0.4 is 0 Å². The van der Waals surface area contributed by atoms with Gasteiger partial charge < -0.3 is 9.47 Å². The van der Waals surface area contributed by atoms with Crippen LogP contribution in [-0.4, -0.2) is 40.3 Å². The molecule has 0 aliphatic heterocycles. The third-order valence-electron chi connectivity index (χ3n) is 2.29. The molecule has 0 bridgehead atoms. The Morgan fingerprint density at radius 1 is 1.00 bits per heavy atom. The molecule has 0 radical (unpaired) electrons. The molecule has 1 aromatic rings. The van der Waals surface area contributed by atoms with Crippen molar-refractivity contribution in [2.24, 2.45) is 4.40 Å². The Labute approximate surface area is 116 Å². The number of hydrogen-bond donors (Lipinski definition) is 0. The number of methoxy groups -OCH3 is 2. The van der Waals surface area contributed by atoms with Crippen LogP contribution in [0.5, 0.6) is 0 Å². The van der Waals surface area contributed by atoms with Gasteiger partial charge in [0, 0.05) is 0 Å². The third-order valence-corrected chi connectivity index (χ3v) is 3.58. The van der Waals surface area contributed by atoms with Crippen molar-refractivity contribution in [2.45, 2.75) is 11.8 Å². The number of nitrogens with zero attached hydrogens (tertiary/aromatic N) is 1. The summed E-state index contributed by atoms with van der Waals surface area (Å²) in [6.45, 7) is 1.79. The lowest BCUT2D eigenvalue weighted by Crippen LogP contribution is -2.27. The fraction of sp³-hybridized carbons (Fsp3) is 0.250. The number of esters is 2. The van der Waals surface area contributed by atoms with Crippen LogP contribution >= 0.6 is 0 Å². The molecule has 1 aromatic carbocycles. The minimum absolute atomic E-state index is 0.145. The molecule has 0 N–H and O–H groups in total. The number of hydrogen-bond acceptors (Lipinski definition) is 6. The maximum Gasteiger partial charge on any atom is 0.365 e. The first-order chi connectivity index (χ1) is 9.31. The predicted molar refractivity (Wildman–Crippen MR) is 69.8 cm³/mol. The zero-order chi connectivity index (χ0) is 15.3. The van der Waals surface area contributed by atoms with Gasteiger partial charge in [-0.25, -0.2) is 9.59 Å². The van der Waals surface area contributed by atoms with Gasteiger partial charge in [-0.15, -0.1) is 4.40 Å². The number of carbonyl (C=O) groups is 2. The molecule has 20 heavy (non-hydrogen) atoms. The van der Waals surface area contributed by atoms with Crippen molar-refractivity contribution < 1.29 is 27.5 Å². The number of ether oxygens (including phenoxy) is 2. The van der Waals surface area contributed by atoms with E-state index in [0.717, 1.165) is 19.8 Å². The minimum Gasteiger partial charge on any atom is -0.464 e. The van der Waals surface area contributed by atoms with Gasteiger partial charge >= 0.3 is 11.9 Å². The van der Waals surface area contributed by atoms with Crippen LogP contribution in [0.2, 0.25) is 0 Å². The van der Waals surface area contributed by atoms with Crippen molar-refractivity contribution in [3.63, 3.8) is 0 Å². The van der Waals surface area contributed by atoms with Crippen molar-refractivity contribution in [1.29, 1.82) is 0 Å². The number of sulfonamides is 1. The Morgan fingerprint density at radius 3 is 1.85 bits per heavy atom. The number of rotatable bonds is 4. The molecule has 0 aromatic heterocycles. The van der Waals surface area contributed by atoms with E-state index in [4.69, 9.17) is 0 Å². The van der Waals surface area contributed by atoms with E-state index >= 15 is 0 Å². The first-order valence-electron chi connectivity index (χ1n) is 5.40. The summed E-state index contributed by atoms with van der Waals surface area (Å²) in [6.07, 6.45) is 0. The van der Waals surface area contributed by atoms with E-state index in [-0.39, 0.29) is 4.90 Å². The Morgan fingerprint density at radius 2 is 1.45 bits per heavy atom. The molecule has 0 aliphatic carbocycles. The van der Waals surface area contributed by atoms with Crippen LogP contribution in [0.25, 0.3) is 0 Å². The second-order valence-corrected chi connectivity index (χ2v) is 5.32. The lowest BCUT2D eigenvalue weighted by molar-refractivity contribution is -0.138. The summed E-state index contributed by atoms with van der Waals surface area (Å²) in [6, 6.07) is 5.78. The molecule has 0 fully saturated rings. The van der Waals surface area contributed by atoms with Crippen molar-refractivity contribution in [3.05, 3.63) is 29.8 Å². The molecule has 0 amide bonds. The zero-order valence-electron chi connectivity index (χ0n) is 11.1. The van der Waals surface area contributed by atoms with Gasteiger partial charge in [0.15, 0.2) is 0 Å². The highest BCUT2D eigenvalue weighted by Crippen LogP contribution is 2.13. The molecule has 0 atom stereocenters. The highest BCUT2D eigenvalue weighted by Gasteiger charge is 2.26. The van der Waals surface area contributed by atoms with Gasteiger partial charge in [-0.3, -0.25) is 0 Å². The van der Waals surface area contributed by atoms with Gasteiger partial charge in [0.1, 0.15) is 0 Å². The van der Waals surface area contributed by atoms with Crippen LogP contribution in [0.3, 0.4) is 0 Å². The largest absolute Gasteiger partial charge is 0.464 e. The lowest BCUT2D eigenvalue weighted by Gasteiger charge is -2.03. The summed E-state index contributed by atoms with van der Waals surface area (Å²) in [5.41, 5.74) is -0.0790. The summed E-state index contributed by atoms with van der Waals surface area (Å²) in [5, 5.41) is 0. The highest BCUT2D eigenvalue weighted by molar-refractivity contribution is 7.90. The number of carbonyl (C=O) groups excluding carboxylic acids is 2. The molecule has 0 spiro atoms. The quantitative estimate of drug-likeness (QED) is 0.455. The van der Waals surface area contributed by atoms with Crippen LogP contribution in [0.1, 0.15) is 5.56 Å². The predicted octanol–water partition coefficient (Wildman–Crippen LogP) is 0.471. The molecule has 0 aliphatic rings. The number of benzene rings is 1. The second-order valence-electron chi connectivity index (χ2n) is 3.71. The maximum absolute atomic E-state index is 12.0. The van der Waals surface area contributed by atoms with Crippen LogP contribution in [0.15, 0.2) is 33.6 Å². The van der Waals surface area contributed by atoms with E-state index in [0.29, 0.717) is 0 Å². The van der Waals surface area contributed by atoms with Crippen LogP contribution in [-0.2, 0) is 29.1 Å². The standard InChI is InChI=1S/C12H13NO6S/c1-8-4-6-9(7-5-8)20(16,17)13-10(11(14)18-2)12(15)19-3/h4-7H,1-3H3. The Balaban J connectivity index is 3.31. The fourth-order valence-electron chi connectivity index (χ4n) is 1.23. The Kier molecular flexibility index (Phi) is 4.98. The van der Waals surface area contributed by atoms with E-state index in [1.54, 1.807) is 19.1 Å². The summed E-state index contributed by atoms with van der Waals surface area (Å²) in [7, 11) is -2.20. The SMILES string of the molecule is COC(=O)C(=NS(=O)(=O)c1ccc(C)cc1)C(=O)OC. The normalized spacial score (nSPS) is 10.6. The maximum atomic E-state index is 12.0. The molecular weight excluding hydrogens is 286 g/mol. The topological polar surface area (TPSA) is 99.1 Å². The summed E-state index contributed by atoms with van der Waals surface area (Å²) in [4.78, 5) is 22.6. The van der Waals surface area contributed by atoms with Crippen molar-refractivity contribution in [3.8, 4) is 0 Å². The smallest absolute Gasteiger partial charge is 0.365 e. The molecular formula is C12H13NO6S. The monoisotopic (exact) mass is 299 g/mol. The van der Waals surface area contributed by atoms with Crippen LogP contribution in [0.4, 0.5) is 0 Å². The van der Waals surface area contributed by atoms with E-state index < -0.39 is 27.7 Å². The van der Waals surface area contributed by atoms with E-state index in [1.807, 2.05) is 0 Å². The summed E-state index contributed by atoms with van der Waals surface area (Å²) >= 11 is 0. The molecule has 0 unspecified atom stereocenters. The van der Waals surface area contributed by atoms with Crippen LogP contribution in [0, 0.1) is 6.92 Å². The summed E-state index contributed by atoms with van der Waals surface area (Å²) in [5.74, 6) is -2.37. The fourth-order valence-corrected chi connectivity index (χ4v) is 2.21. The number of aryl methyl sites for hydroxylation is 1. The lowest BCUT2D eigenvalue weighted by atomic mass is 10.2. The van der Waals surface area contributed by atoms with Gasteiger partial charge in [0.25, 0.3) is 10.0 Å². The molecule has 1 rings (SSSR count). The van der Waals surface area contributed by atoms with Gasteiger partial charge in [0.2, 0.25) is 5.71 Å². The summed E-state index contributed by atoms with van der Waals surface area (Å²) < 4.78 is 35.8. The second kappa shape index (κ2) is 6.29. The molecule has 108 valence electrons. The van der Waals surface area contributed by atoms with Gasteiger partial charge in [-0.2, -0.15) is 8.42 Å². The molecule has 0 heterocycles. The van der Waals surface area contributed by atoms with Crippen molar-refractivity contribution in [1.82, 2.24) is 0 Å². The van der Waals surface area contributed by atoms with Gasteiger partial charge in [0.05, 0.1) is 19.1 Å². The van der Waals surface area contributed by atoms with E-state index in [1.165, 1.54) is 12.1 Å². The molecule has 0 saturated carbocycles. The Bertz CT molecular complexity index is 627. The molecule has 7 nitrogen and oxygen atoms in total. The first-order valence-corrected chi connectivity index (χ1v) is 6.84. The van der Waals surface area contributed by atoms with Gasteiger partial charge in [-0.05, 0) is 19.1 Å². The highest BCUT2D eigenvalue weighted by atomic mass is 32.2. The zero-order valence-corrected chi connectivity index (χ0v) is 11.9. The average molecular weight is 299 g/mol. The van der Waals surface area contributed by atoms with Crippen molar-refractivity contribution in [2.75, 3.05) is 14.2 Å². The van der Waals surface area contributed by atoms with E-state index in [2.05, 4.69) is 13.9 Å². The average Bonchev–Trinajstić information content (AvgIpc) is 2.43. The van der Waals surface area contributed by atoms with Gasteiger partial charge in [-0.1, -0.05) is 17.7 Å². The van der Waals surface area contributed by atoms with Crippen molar-refractivity contribution >= 4 is 27.7 Å².